The number of hydrogen-bond donors (Lipinski definition) is 2. The van der Waals surface area contributed by atoms with Gasteiger partial charge < -0.3 is 20.1 Å². The van der Waals surface area contributed by atoms with Crippen LogP contribution in [0.1, 0.15) is 19.0 Å². The van der Waals surface area contributed by atoms with Crippen molar-refractivity contribution in [3.63, 3.8) is 0 Å². The van der Waals surface area contributed by atoms with Crippen LogP contribution < -0.4 is 10.2 Å². The van der Waals surface area contributed by atoms with Gasteiger partial charge in [0.05, 0.1) is 31.6 Å². The van der Waals surface area contributed by atoms with Crippen LogP contribution in [0.2, 0.25) is 0 Å². The fourth-order valence-corrected chi connectivity index (χ4v) is 3.41. The molecular weight excluding hydrogens is 288 g/mol. The predicted molar refractivity (Wildman–Crippen MR) is 84.1 cm³/mol. The number of ether oxygens (including phenoxy) is 1. The average molecular weight is 310 g/mol. The third-order valence-electron chi connectivity index (χ3n) is 3.77. The quantitative estimate of drug-likeness (QED) is 0.782. The molecule has 0 bridgehead atoms. The lowest BCUT2D eigenvalue weighted by atomic mass is 10.2. The molecule has 0 aromatic carbocycles. The number of aliphatic hydroxyl groups is 1. The zero-order valence-corrected chi connectivity index (χ0v) is 13.1. The molecule has 3 heterocycles. The summed E-state index contributed by atoms with van der Waals surface area (Å²) >= 11 is 1.64. The van der Waals surface area contributed by atoms with E-state index in [2.05, 4.69) is 33.1 Å². The lowest BCUT2D eigenvalue weighted by Crippen LogP contribution is -2.48. The second-order valence-electron chi connectivity index (χ2n) is 5.22. The van der Waals surface area contributed by atoms with Crippen molar-refractivity contribution in [2.45, 2.75) is 25.9 Å². The number of rotatable bonds is 6. The number of nitrogens with zero attached hydrogens (tertiary/aromatic N) is 3. The number of nitrogens with one attached hydrogen (secondary N) is 1. The summed E-state index contributed by atoms with van der Waals surface area (Å²) in [5, 5.41) is 15.1. The Morgan fingerprint density at radius 1 is 1.57 bits per heavy atom. The monoisotopic (exact) mass is 310 g/mol. The van der Waals surface area contributed by atoms with E-state index < -0.39 is 0 Å². The van der Waals surface area contributed by atoms with E-state index in [1.165, 1.54) is 5.69 Å². The van der Waals surface area contributed by atoms with Crippen LogP contribution in [-0.4, -0.2) is 53.4 Å². The van der Waals surface area contributed by atoms with E-state index in [0.29, 0.717) is 13.2 Å². The molecule has 2 aromatic rings. The molecule has 6 nitrogen and oxygen atoms in total. The van der Waals surface area contributed by atoms with Crippen LogP contribution in [0.4, 0.5) is 5.82 Å². The van der Waals surface area contributed by atoms with Gasteiger partial charge in [0.2, 0.25) is 0 Å². The summed E-state index contributed by atoms with van der Waals surface area (Å²) in [7, 11) is 0. The summed E-state index contributed by atoms with van der Waals surface area (Å²) in [4.78, 5) is 7.96. The molecule has 3 rings (SSSR count). The van der Waals surface area contributed by atoms with Gasteiger partial charge in [-0.3, -0.25) is 4.40 Å². The average Bonchev–Trinajstić information content (AvgIpc) is 3.09. The largest absolute Gasteiger partial charge is 0.394 e. The zero-order chi connectivity index (χ0) is 14.7. The van der Waals surface area contributed by atoms with Gasteiger partial charge in [-0.2, -0.15) is 0 Å². The summed E-state index contributed by atoms with van der Waals surface area (Å²) in [5.74, 6) is 0.979. The van der Waals surface area contributed by atoms with E-state index >= 15 is 0 Å². The first kappa shape index (κ1) is 14.8. The van der Waals surface area contributed by atoms with E-state index in [0.717, 1.165) is 36.8 Å². The number of imidazole rings is 1. The van der Waals surface area contributed by atoms with E-state index in [1.54, 1.807) is 11.3 Å². The Balaban J connectivity index is 1.92. The smallest absolute Gasteiger partial charge is 0.195 e. The Bertz CT molecular complexity index is 583. The third kappa shape index (κ3) is 2.91. The standard InChI is InChI=1S/C14H22N4O2S/c1-2-3-15-8-12-13(16-14-18(12)5-7-21-14)17-4-6-20-10-11(17)9-19/h5,7,11,15,19H,2-4,6,8-10H2,1H3. The number of hydrogen-bond acceptors (Lipinski definition) is 6. The van der Waals surface area contributed by atoms with Crippen LogP contribution in [0.5, 0.6) is 0 Å². The van der Waals surface area contributed by atoms with Crippen LogP contribution in [0.3, 0.4) is 0 Å². The minimum absolute atomic E-state index is 0.00622. The molecule has 1 unspecified atom stereocenters. The molecule has 0 saturated carbocycles. The maximum absolute atomic E-state index is 9.58. The molecule has 1 aliphatic heterocycles. The van der Waals surface area contributed by atoms with Crippen molar-refractivity contribution in [2.75, 3.05) is 37.8 Å². The highest BCUT2D eigenvalue weighted by Crippen LogP contribution is 2.27. The first-order chi connectivity index (χ1) is 10.3. The summed E-state index contributed by atoms with van der Waals surface area (Å²) in [6.07, 6.45) is 3.17. The molecule has 0 radical (unpaired) electrons. The minimum Gasteiger partial charge on any atom is -0.394 e. The Labute approximate surface area is 128 Å². The minimum atomic E-state index is -0.00622. The molecular formula is C14H22N4O2S. The van der Waals surface area contributed by atoms with E-state index in [1.807, 2.05) is 0 Å². The van der Waals surface area contributed by atoms with Gasteiger partial charge in [0.25, 0.3) is 0 Å². The number of fused-ring (bicyclic) bond motifs is 1. The number of morpholine rings is 1. The van der Waals surface area contributed by atoms with Crippen molar-refractivity contribution in [1.82, 2.24) is 14.7 Å². The van der Waals surface area contributed by atoms with Crippen molar-refractivity contribution >= 4 is 22.1 Å². The fraction of sp³-hybridized carbons (Fsp3) is 0.643. The van der Waals surface area contributed by atoms with E-state index in [9.17, 15) is 5.11 Å². The van der Waals surface area contributed by atoms with Gasteiger partial charge in [-0.05, 0) is 13.0 Å². The lowest BCUT2D eigenvalue weighted by Gasteiger charge is -2.35. The van der Waals surface area contributed by atoms with Crippen LogP contribution in [-0.2, 0) is 11.3 Å². The van der Waals surface area contributed by atoms with E-state index in [-0.39, 0.29) is 12.6 Å². The topological polar surface area (TPSA) is 62.0 Å². The molecule has 21 heavy (non-hydrogen) atoms. The highest BCUT2D eigenvalue weighted by molar-refractivity contribution is 7.15. The molecule has 116 valence electrons. The van der Waals surface area contributed by atoms with Crippen LogP contribution in [0.25, 0.3) is 4.96 Å². The van der Waals surface area contributed by atoms with Gasteiger partial charge in [0, 0.05) is 24.7 Å². The Hall–Kier alpha value is -1.15. The number of thiazole rings is 1. The van der Waals surface area contributed by atoms with Crippen LogP contribution in [0.15, 0.2) is 11.6 Å². The number of anilines is 1. The number of aromatic nitrogens is 2. The molecule has 2 aromatic heterocycles. The maximum Gasteiger partial charge on any atom is 0.195 e. The highest BCUT2D eigenvalue weighted by Gasteiger charge is 2.27. The van der Waals surface area contributed by atoms with Crippen LogP contribution >= 0.6 is 11.3 Å². The Kier molecular flexibility index (Phi) is 4.74. The fourth-order valence-electron chi connectivity index (χ4n) is 2.68. The molecule has 1 atom stereocenters. The summed E-state index contributed by atoms with van der Waals surface area (Å²) in [5.41, 5.74) is 1.17. The lowest BCUT2D eigenvalue weighted by molar-refractivity contribution is 0.0722. The SMILES string of the molecule is CCCNCc1c(N2CCOCC2CO)nc2sccn12. The Morgan fingerprint density at radius 3 is 3.29 bits per heavy atom. The van der Waals surface area contributed by atoms with Gasteiger partial charge in [-0.25, -0.2) is 4.98 Å². The second kappa shape index (κ2) is 6.74. The zero-order valence-electron chi connectivity index (χ0n) is 12.3. The van der Waals surface area contributed by atoms with Gasteiger partial charge >= 0.3 is 0 Å². The summed E-state index contributed by atoms with van der Waals surface area (Å²) < 4.78 is 7.61. The maximum atomic E-state index is 9.58. The predicted octanol–water partition coefficient (Wildman–Crippen LogP) is 1.09. The summed E-state index contributed by atoms with van der Waals surface area (Å²) in [6.45, 7) is 6.05. The normalized spacial score (nSPS) is 19.5. The third-order valence-corrected chi connectivity index (χ3v) is 4.53. The van der Waals surface area contributed by atoms with Gasteiger partial charge in [0.15, 0.2) is 10.8 Å². The van der Waals surface area contributed by atoms with Crippen molar-refractivity contribution < 1.29 is 9.84 Å². The first-order valence-corrected chi connectivity index (χ1v) is 8.33. The molecule has 0 spiro atoms. The highest BCUT2D eigenvalue weighted by atomic mass is 32.1. The van der Waals surface area contributed by atoms with Crippen molar-refractivity contribution in [2.24, 2.45) is 0 Å². The molecule has 1 fully saturated rings. The first-order valence-electron chi connectivity index (χ1n) is 7.45. The molecule has 7 heteroatoms. The van der Waals surface area contributed by atoms with Gasteiger partial charge in [-0.15, -0.1) is 11.3 Å². The van der Waals surface area contributed by atoms with Crippen molar-refractivity contribution in [3.05, 3.63) is 17.3 Å². The second-order valence-corrected chi connectivity index (χ2v) is 6.09. The molecule has 1 saturated heterocycles. The van der Waals surface area contributed by atoms with Gasteiger partial charge in [0.1, 0.15) is 0 Å². The summed E-state index contributed by atoms with van der Waals surface area (Å²) in [6, 6.07) is -0.00622. The molecule has 2 N–H and O–H groups in total. The molecule has 0 aliphatic carbocycles. The van der Waals surface area contributed by atoms with E-state index in [4.69, 9.17) is 9.72 Å². The Morgan fingerprint density at radius 2 is 2.48 bits per heavy atom. The van der Waals surface area contributed by atoms with Gasteiger partial charge in [-0.1, -0.05) is 6.92 Å². The molecule has 1 aliphatic rings. The van der Waals surface area contributed by atoms with Crippen LogP contribution in [0, 0.1) is 0 Å². The molecule has 0 amide bonds. The van der Waals surface area contributed by atoms with Crippen molar-refractivity contribution in [3.8, 4) is 0 Å². The van der Waals surface area contributed by atoms with Crippen molar-refractivity contribution in [1.29, 1.82) is 0 Å². The number of aliphatic hydroxyl groups excluding tert-OH is 1.